The van der Waals surface area contributed by atoms with Gasteiger partial charge in [-0.25, -0.2) is 0 Å². The Morgan fingerprint density at radius 2 is 1.68 bits per heavy atom. The highest BCUT2D eigenvalue weighted by Crippen LogP contribution is 2.28. The van der Waals surface area contributed by atoms with Crippen molar-refractivity contribution in [3.8, 4) is 0 Å². The Balaban J connectivity index is 1.49. The maximum Gasteiger partial charge on any atom is 0.246 e. The first kappa shape index (κ1) is 17.6. The standard InChI is InChI=1S/C20H27N3O2/c24-19(7-6-17-8-10-21-11-9-17)22-12-3-13-23(15-14-22)20(25)16-18-4-1-2-5-18/h6-11,18H,1-5,12-16H2/b7-6-. The quantitative estimate of drug-likeness (QED) is 0.791. The molecule has 134 valence electrons. The van der Waals surface area contributed by atoms with Gasteiger partial charge in [0, 0.05) is 51.1 Å². The molecule has 1 saturated heterocycles. The van der Waals surface area contributed by atoms with Gasteiger partial charge in [-0.3, -0.25) is 14.6 Å². The van der Waals surface area contributed by atoms with Crippen LogP contribution in [0.25, 0.3) is 6.08 Å². The molecule has 1 aliphatic heterocycles. The monoisotopic (exact) mass is 341 g/mol. The van der Waals surface area contributed by atoms with Crippen molar-refractivity contribution < 1.29 is 9.59 Å². The molecule has 2 aliphatic rings. The Hall–Kier alpha value is -2.17. The molecule has 5 nitrogen and oxygen atoms in total. The zero-order valence-corrected chi connectivity index (χ0v) is 14.8. The second kappa shape index (κ2) is 8.79. The Kier molecular flexibility index (Phi) is 6.20. The fourth-order valence-corrected chi connectivity index (χ4v) is 3.73. The van der Waals surface area contributed by atoms with Gasteiger partial charge in [-0.05, 0) is 49.0 Å². The summed E-state index contributed by atoms with van der Waals surface area (Å²) >= 11 is 0. The Labute approximate surface area is 149 Å². The first-order valence-electron chi connectivity index (χ1n) is 9.37. The summed E-state index contributed by atoms with van der Waals surface area (Å²) in [6.45, 7) is 2.76. The van der Waals surface area contributed by atoms with Crippen LogP contribution in [-0.4, -0.2) is 52.8 Å². The van der Waals surface area contributed by atoms with Crippen molar-refractivity contribution in [2.75, 3.05) is 26.2 Å². The second-order valence-electron chi connectivity index (χ2n) is 7.03. The largest absolute Gasteiger partial charge is 0.341 e. The van der Waals surface area contributed by atoms with Gasteiger partial charge < -0.3 is 9.80 Å². The van der Waals surface area contributed by atoms with Crippen molar-refractivity contribution in [3.63, 3.8) is 0 Å². The second-order valence-corrected chi connectivity index (χ2v) is 7.03. The third kappa shape index (κ3) is 5.15. The lowest BCUT2D eigenvalue weighted by molar-refractivity contribution is -0.132. The molecule has 25 heavy (non-hydrogen) atoms. The minimum absolute atomic E-state index is 0.0157. The van der Waals surface area contributed by atoms with Gasteiger partial charge >= 0.3 is 0 Å². The predicted octanol–water partition coefficient (Wildman–Crippen LogP) is 2.74. The maximum absolute atomic E-state index is 12.5. The molecule has 0 radical (unpaired) electrons. The summed E-state index contributed by atoms with van der Waals surface area (Å²) < 4.78 is 0. The van der Waals surface area contributed by atoms with Gasteiger partial charge in [-0.15, -0.1) is 0 Å². The fraction of sp³-hybridized carbons (Fsp3) is 0.550. The van der Waals surface area contributed by atoms with Crippen LogP contribution in [0.3, 0.4) is 0 Å². The van der Waals surface area contributed by atoms with Crippen molar-refractivity contribution >= 4 is 17.9 Å². The molecule has 3 rings (SSSR count). The van der Waals surface area contributed by atoms with Crippen molar-refractivity contribution in [2.24, 2.45) is 5.92 Å². The minimum atomic E-state index is 0.0157. The van der Waals surface area contributed by atoms with E-state index in [9.17, 15) is 9.59 Å². The molecular formula is C20H27N3O2. The number of hydrogen-bond acceptors (Lipinski definition) is 3. The van der Waals surface area contributed by atoms with Gasteiger partial charge in [0.15, 0.2) is 0 Å². The highest BCUT2D eigenvalue weighted by molar-refractivity contribution is 5.91. The Bertz CT molecular complexity index is 609. The van der Waals surface area contributed by atoms with Gasteiger partial charge in [0.1, 0.15) is 0 Å². The molecule has 0 unspecified atom stereocenters. The van der Waals surface area contributed by atoms with Crippen LogP contribution in [0.4, 0.5) is 0 Å². The summed E-state index contributed by atoms with van der Waals surface area (Å²) in [4.78, 5) is 32.7. The maximum atomic E-state index is 12.5. The summed E-state index contributed by atoms with van der Waals surface area (Å²) in [5.41, 5.74) is 0.964. The molecule has 0 bridgehead atoms. The molecule has 5 heteroatoms. The highest BCUT2D eigenvalue weighted by Gasteiger charge is 2.24. The summed E-state index contributed by atoms with van der Waals surface area (Å²) in [5.74, 6) is 0.868. The average molecular weight is 341 g/mol. The third-order valence-corrected chi connectivity index (χ3v) is 5.22. The van der Waals surface area contributed by atoms with Gasteiger partial charge in [-0.1, -0.05) is 12.8 Å². The van der Waals surface area contributed by atoms with E-state index in [-0.39, 0.29) is 11.8 Å². The van der Waals surface area contributed by atoms with Gasteiger partial charge in [0.2, 0.25) is 11.8 Å². The zero-order valence-electron chi connectivity index (χ0n) is 14.8. The normalized spacial score (nSPS) is 19.4. The van der Waals surface area contributed by atoms with E-state index >= 15 is 0 Å². The topological polar surface area (TPSA) is 53.5 Å². The number of carbonyl (C=O) groups excluding carboxylic acids is 2. The molecule has 0 atom stereocenters. The predicted molar refractivity (Wildman–Crippen MR) is 97.6 cm³/mol. The Morgan fingerprint density at radius 1 is 1.00 bits per heavy atom. The van der Waals surface area contributed by atoms with Crippen LogP contribution >= 0.6 is 0 Å². The summed E-state index contributed by atoms with van der Waals surface area (Å²) in [6, 6.07) is 3.74. The van der Waals surface area contributed by atoms with Crippen LogP contribution in [-0.2, 0) is 9.59 Å². The molecule has 0 N–H and O–H groups in total. The number of aromatic nitrogens is 1. The lowest BCUT2D eigenvalue weighted by Gasteiger charge is -2.22. The lowest BCUT2D eigenvalue weighted by Crippen LogP contribution is -2.37. The van der Waals surface area contributed by atoms with Gasteiger partial charge in [0.05, 0.1) is 0 Å². The molecule has 2 fully saturated rings. The average Bonchev–Trinajstić information content (AvgIpc) is 3.01. The van der Waals surface area contributed by atoms with E-state index in [0.29, 0.717) is 32.0 Å². The number of pyridine rings is 1. The smallest absolute Gasteiger partial charge is 0.246 e. The summed E-state index contributed by atoms with van der Waals surface area (Å²) in [5, 5.41) is 0. The molecule has 0 spiro atoms. The molecule has 2 heterocycles. The number of hydrogen-bond donors (Lipinski definition) is 0. The van der Waals surface area contributed by atoms with Crippen molar-refractivity contribution in [1.29, 1.82) is 0 Å². The first-order chi connectivity index (χ1) is 12.2. The van der Waals surface area contributed by atoms with E-state index in [1.807, 2.05) is 28.0 Å². The molecule has 1 saturated carbocycles. The van der Waals surface area contributed by atoms with Crippen LogP contribution in [0.15, 0.2) is 30.6 Å². The van der Waals surface area contributed by atoms with Crippen LogP contribution in [0.5, 0.6) is 0 Å². The van der Waals surface area contributed by atoms with Crippen LogP contribution < -0.4 is 0 Å². The van der Waals surface area contributed by atoms with Gasteiger partial charge in [0.25, 0.3) is 0 Å². The molecule has 1 aromatic heterocycles. The molecule has 2 amide bonds. The van der Waals surface area contributed by atoms with E-state index in [1.54, 1.807) is 18.5 Å². The number of amides is 2. The molecule has 1 aliphatic carbocycles. The number of nitrogens with zero attached hydrogens (tertiary/aromatic N) is 3. The zero-order chi connectivity index (χ0) is 17.5. The van der Waals surface area contributed by atoms with Crippen LogP contribution in [0, 0.1) is 5.92 Å². The van der Waals surface area contributed by atoms with Crippen LogP contribution in [0.2, 0.25) is 0 Å². The van der Waals surface area contributed by atoms with Crippen molar-refractivity contribution in [1.82, 2.24) is 14.8 Å². The Morgan fingerprint density at radius 3 is 2.44 bits per heavy atom. The highest BCUT2D eigenvalue weighted by atomic mass is 16.2. The third-order valence-electron chi connectivity index (χ3n) is 5.22. The van der Waals surface area contributed by atoms with E-state index in [2.05, 4.69) is 4.98 Å². The lowest BCUT2D eigenvalue weighted by atomic mass is 10.0. The number of rotatable bonds is 4. The molecule has 0 aromatic carbocycles. The minimum Gasteiger partial charge on any atom is -0.341 e. The van der Waals surface area contributed by atoms with E-state index in [0.717, 1.165) is 18.5 Å². The van der Waals surface area contributed by atoms with Gasteiger partial charge in [-0.2, -0.15) is 0 Å². The molecule has 1 aromatic rings. The molecular weight excluding hydrogens is 314 g/mol. The van der Waals surface area contributed by atoms with E-state index in [4.69, 9.17) is 0 Å². The summed E-state index contributed by atoms with van der Waals surface area (Å²) in [6.07, 6.45) is 13.3. The number of carbonyl (C=O) groups is 2. The van der Waals surface area contributed by atoms with Crippen LogP contribution in [0.1, 0.15) is 44.1 Å². The van der Waals surface area contributed by atoms with E-state index < -0.39 is 0 Å². The first-order valence-corrected chi connectivity index (χ1v) is 9.37. The SMILES string of the molecule is O=C(/C=C\c1ccncc1)N1CCCN(C(=O)CC2CCCC2)CC1. The van der Waals surface area contributed by atoms with Crippen molar-refractivity contribution in [2.45, 2.75) is 38.5 Å². The summed E-state index contributed by atoms with van der Waals surface area (Å²) in [7, 11) is 0. The fourth-order valence-electron chi connectivity index (χ4n) is 3.73. The van der Waals surface area contributed by atoms with Crippen molar-refractivity contribution in [3.05, 3.63) is 36.2 Å². The van der Waals surface area contributed by atoms with E-state index in [1.165, 1.54) is 25.7 Å².